The minimum Gasteiger partial charge on any atom is -0.479 e. The molecule has 0 fully saturated rings. The third kappa shape index (κ3) is 6.02. The number of rotatable bonds is 8. The second kappa shape index (κ2) is 9.84. The lowest BCUT2D eigenvalue weighted by molar-refractivity contribution is -0.153. The monoisotopic (exact) mass is 408 g/mol. The maximum Gasteiger partial charge on any atom is 0.411 e. The minimum absolute atomic E-state index is 0.106. The average molecular weight is 408 g/mol. The normalized spacial score (nSPS) is 12.0. The molecule has 1 unspecified atom stereocenters. The van der Waals surface area contributed by atoms with E-state index in [1.807, 2.05) is 30.3 Å². The summed E-state index contributed by atoms with van der Waals surface area (Å²) >= 11 is 0. The molecule has 0 aliphatic heterocycles. The number of carboxylic acids is 1. The molecule has 156 valence electrons. The summed E-state index contributed by atoms with van der Waals surface area (Å²) in [5.74, 6) is -1.00. The topological polar surface area (TPSA) is 97.8 Å². The van der Waals surface area contributed by atoms with Crippen LogP contribution in [0.3, 0.4) is 0 Å². The maximum atomic E-state index is 12.1. The van der Waals surface area contributed by atoms with Gasteiger partial charge in [-0.1, -0.05) is 30.3 Å². The number of nitrogens with zero attached hydrogens (tertiary/aromatic N) is 1. The van der Waals surface area contributed by atoms with Crippen LogP contribution in [0.2, 0.25) is 0 Å². The summed E-state index contributed by atoms with van der Waals surface area (Å²) < 4.78 is 10.7. The van der Waals surface area contributed by atoms with Crippen LogP contribution in [0.25, 0.3) is 10.9 Å². The number of nitrogens with one attached hydrogen (secondary N) is 1. The second-order valence-electron chi connectivity index (χ2n) is 7.15. The Morgan fingerprint density at radius 2 is 1.80 bits per heavy atom. The van der Waals surface area contributed by atoms with E-state index in [4.69, 9.17) is 9.47 Å². The molecule has 0 saturated heterocycles. The number of para-hydroxylation sites is 1. The molecule has 0 saturated carbocycles. The molecule has 3 aromatic rings. The predicted molar refractivity (Wildman–Crippen MR) is 113 cm³/mol. The van der Waals surface area contributed by atoms with Crippen molar-refractivity contribution in [2.75, 3.05) is 5.32 Å². The number of carbonyl (C=O) groups excluding carboxylic acids is 1. The van der Waals surface area contributed by atoms with Crippen molar-refractivity contribution >= 4 is 28.7 Å². The fraction of sp³-hybridized carbons (Fsp3) is 0.261. The van der Waals surface area contributed by atoms with E-state index >= 15 is 0 Å². The van der Waals surface area contributed by atoms with Gasteiger partial charge in [0.1, 0.15) is 6.61 Å². The van der Waals surface area contributed by atoms with E-state index in [1.165, 1.54) is 0 Å². The molecule has 0 radical (unpaired) electrons. The molecular formula is C23H24N2O5. The first-order valence-corrected chi connectivity index (χ1v) is 9.65. The molecule has 3 rings (SSSR count). The Morgan fingerprint density at radius 1 is 1.07 bits per heavy atom. The van der Waals surface area contributed by atoms with Gasteiger partial charge in [0.05, 0.1) is 11.6 Å². The minimum atomic E-state index is -1.00. The van der Waals surface area contributed by atoms with Gasteiger partial charge < -0.3 is 14.6 Å². The fourth-order valence-corrected chi connectivity index (χ4v) is 2.96. The maximum absolute atomic E-state index is 12.1. The van der Waals surface area contributed by atoms with Crippen LogP contribution in [-0.4, -0.2) is 34.4 Å². The summed E-state index contributed by atoms with van der Waals surface area (Å²) in [5, 5.41) is 12.9. The van der Waals surface area contributed by atoms with Crippen LogP contribution < -0.4 is 5.32 Å². The molecule has 0 bridgehead atoms. The van der Waals surface area contributed by atoms with E-state index in [1.54, 1.807) is 44.3 Å². The molecule has 0 aliphatic carbocycles. The van der Waals surface area contributed by atoms with Crippen LogP contribution in [0, 0.1) is 0 Å². The largest absolute Gasteiger partial charge is 0.479 e. The molecule has 2 aromatic carbocycles. The van der Waals surface area contributed by atoms with Crippen LogP contribution in [0.4, 0.5) is 10.5 Å². The highest BCUT2D eigenvalue weighted by Crippen LogP contribution is 2.15. The molecule has 7 heteroatoms. The van der Waals surface area contributed by atoms with Crippen molar-refractivity contribution in [3.8, 4) is 0 Å². The number of fused-ring (bicyclic) bond motifs is 1. The molecule has 0 aliphatic rings. The standard InChI is InChI=1S/C23H24N2O5/c1-15(2)30-21(22(26)27)12-16-7-9-19(10-8-16)25-23(28)29-14-17-11-18-5-3-4-6-20(18)24-13-17/h3-11,13,15,21H,12,14H2,1-2H3,(H,25,28)(H,26,27). The number of carbonyl (C=O) groups is 2. The highest BCUT2D eigenvalue weighted by atomic mass is 16.5. The van der Waals surface area contributed by atoms with Gasteiger partial charge in [-0.3, -0.25) is 10.3 Å². The number of anilines is 1. The van der Waals surface area contributed by atoms with Crippen molar-refractivity contribution in [2.45, 2.75) is 39.1 Å². The Hall–Kier alpha value is -3.45. The number of amides is 1. The van der Waals surface area contributed by atoms with Crippen LogP contribution in [-0.2, 0) is 27.3 Å². The molecule has 0 spiro atoms. The van der Waals surface area contributed by atoms with Gasteiger partial charge in [0, 0.05) is 29.3 Å². The van der Waals surface area contributed by atoms with E-state index in [2.05, 4.69) is 10.3 Å². The van der Waals surface area contributed by atoms with Gasteiger partial charge in [-0.05, 0) is 43.7 Å². The highest BCUT2D eigenvalue weighted by Gasteiger charge is 2.20. The third-order valence-corrected chi connectivity index (χ3v) is 4.35. The highest BCUT2D eigenvalue weighted by molar-refractivity contribution is 5.84. The van der Waals surface area contributed by atoms with Crippen molar-refractivity contribution in [1.82, 2.24) is 4.98 Å². The zero-order valence-corrected chi connectivity index (χ0v) is 16.9. The van der Waals surface area contributed by atoms with E-state index in [9.17, 15) is 14.7 Å². The summed E-state index contributed by atoms with van der Waals surface area (Å²) in [6.07, 6.45) is 0.252. The molecular weight excluding hydrogens is 384 g/mol. The summed E-state index contributed by atoms with van der Waals surface area (Å²) in [6.45, 7) is 3.69. The van der Waals surface area contributed by atoms with Gasteiger partial charge in [0.25, 0.3) is 0 Å². The SMILES string of the molecule is CC(C)OC(Cc1ccc(NC(=O)OCc2cnc3ccccc3c2)cc1)C(=O)O. The smallest absolute Gasteiger partial charge is 0.411 e. The van der Waals surface area contributed by atoms with E-state index < -0.39 is 18.2 Å². The van der Waals surface area contributed by atoms with E-state index in [0.29, 0.717) is 5.69 Å². The Labute approximate surface area is 174 Å². The van der Waals surface area contributed by atoms with E-state index in [-0.39, 0.29) is 19.1 Å². The number of ether oxygens (including phenoxy) is 2. The lowest BCUT2D eigenvalue weighted by Gasteiger charge is -2.16. The van der Waals surface area contributed by atoms with Crippen molar-refractivity contribution in [3.63, 3.8) is 0 Å². The number of hydrogen-bond donors (Lipinski definition) is 2. The quantitative estimate of drug-likeness (QED) is 0.573. The average Bonchev–Trinajstić information content (AvgIpc) is 2.72. The predicted octanol–water partition coefficient (Wildman–Crippen LogP) is 4.40. The summed E-state index contributed by atoms with van der Waals surface area (Å²) in [5.41, 5.74) is 3.03. The molecule has 1 aromatic heterocycles. The van der Waals surface area contributed by atoms with Crippen molar-refractivity contribution in [2.24, 2.45) is 0 Å². The molecule has 30 heavy (non-hydrogen) atoms. The van der Waals surface area contributed by atoms with E-state index in [0.717, 1.165) is 22.0 Å². The molecule has 1 heterocycles. The van der Waals surface area contributed by atoms with Gasteiger partial charge in [0.2, 0.25) is 0 Å². The van der Waals surface area contributed by atoms with Crippen molar-refractivity contribution in [1.29, 1.82) is 0 Å². The lowest BCUT2D eigenvalue weighted by atomic mass is 10.1. The summed E-state index contributed by atoms with van der Waals surface area (Å²) in [6, 6.07) is 16.6. The molecule has 7 nitrogen and oxygen atoms in total. The number of hydrogen-bond acceptors (Lipinski definition) is 5. The number of pyridine rings is 1. The first-order chi connectivity index (χ1) is 14.4. The number of benzene rings is 2. The van der Waals surface area contributed by atoms with Crippen LogP contribution >= 0.6 is 0 Å². The van der Waals surface area contributed by atoms with Gasteiger partial charge >= 0.3 is 12.1 Å². The third-order valence-electron chi connectivity index (χ3n) is 4.35. The first-order valence-electron chi connectivity index (χ1n) is 9.65. The molecule has 1 atom stereocenters. The van der Waals surface area contributed by atoms with Gasteiger partial charge in [-0.25, -0.2) is 9.59 Å². The van der Waals surface area contributed by atoms with Gasteiger partial charge in [-0.2, -0.15) is 0 Å². The van der Waals surface area contributed by atoms with Gasteiger partial charge in [0.15, 0.2) is 6.10 Å². The summed E-state index contributed by atoms with van der Waals surface area (Å²) in [4.78, 5) is 27.7. The Balaban J connectivity index is 1.52. The Morgan fingerprint density at radius 3 is 2.50 bits per heavy atom. The Kier molecular flexibility index (Phi) is 6.98. The fourth-order valence-electron chi connectivity index (χ4n) is 2.96. The second-order valence-corrected chi connectivity index (χ2v) is 7.15. The number of carboxylic acid groups (broad SMARTS) is 1. The molecule has 2 N–H and O–H groups in total. The number of aliphatic carboxylic acids is 1. The number of aromatic nitrogens is 1. The van der Waals surface area contributed by atoms with Crippen LogP contribution in [0.5, 0.6) is 0 Å². The van der Waals surface area contributed by atoms with Gasteiger partial charge in [-0.15, -0.1) is 0 Å². The van der Waals surface area contributed by atoms with Crippen LogP contribution in [0.15, 0.2) is 60.8 Å². The van der Waals surface area contributed by atoms with Crippen molar-refractivity contribution < 1.29 is 24.2 Å². The zero-order chi connectivity index (χ0) is 21.5. The zero-order valence-electron chi connectivity index (χ0n) is 16.9. The summed E-state index contributed by atoms with van der Waals surface area (Å²) in [7, 11) is 0. The Bertz CT molecular complexity index is 1020. The molecule has 1 amide bonds. The van der Waals surface area contributed by atoms with Crippen molar-refractivity contribution in [3.05, 3.63) is 71.9 Å². The van der Waals surface area contributed by atoms with Crippen LogP contribution in [0.1, 0.15) is 25.0 Å². The lowest BCUT2D eigenvalue weighted by Crippen LogP contribution is -2.29. The first kappa shape index (κ1) is 21.3.